The van der Waals surface area contributed by atoms with Gasteiger partial charge in [-0.05, 0) is 42.0 Å². The molecule has 0 saturated carbocycles. The Labute approximate surface area is 121 Å². The van der Waals surface area contributed by atoms with Gasteiger partial charge in [-0.1, -0.05) is 0 Å². The average Bonchev–Trinajstić information content (AvgIpc) is 2.94. The van der Waals surface area contributed by atoms with Crippen molar-refractivity contribution >= 4 is 39.9 Å². The van der Waals surface area contributed by atoms with E-state index in [2.05, 4.69) is 68.7 Å². The number of halogens is 1. The van der Waals surface area contributed by atoms with Crippen LogP contribution in [0.25, 0.3) is 0 Å². The second-order valence-corrected chi connectivity index (χ2v) is 6.54. The third-order valence-corrected chi connectivity index (χ3v) is 5.28. The molecule has 5 nitrogen and oxygen atoms in total. The zero-order chi connectivity index (χ0) is 12.7. The van der Waals surface area contributed by atoms with Crippen LogP contribution in [0.15, 0.2) is 29.0 Å². The van der Waals surface area contributed by atoms with Gasteiger partial charge in [-0.2, -0.15) is 0 Å². The quantitative estimate of drug-likeness (QED) is 0.549. The number of fused-ring (bicyclic) bond motifs is 1. The number of nitrogens with one attached hydrogen (secondary N) is 3. The molecule has 0 aromatic carbocycles. The molecule has 3 unspecified atom stereocenters. The first-order valence-electron chi connectivity index (χ1n) is 5.85. The maximum Gasteiger partial charge on any atom is 0.120 e. The van der Waals surface area contributed by atoms with Crippen molar-refractivity contribution in [2.45, 2.75) is 26.1 Å². The predicted octanol–water partition coefficient (Wildman–Crippen LogP) is 2.22. The molecule has 1 aromatic heterocycles. The van der Waals surface area contributed by atoms with E-state index in [-0.39, 0.29) is 12.2 Å². The summed E-state index contributed by atoms with van der Waals surface area (Å²) in [6.07, 6.45) is 4.94. The van der Waals surface area contributed by atoms with Crippen LogP contribution in [-0.4, -0.2) is 22.3 Å². The third kappa shape index (κ3) is 1.96. The van der Waals surface area contributed by atoms with E-state index >= 15 is 0 Å². The van der Waals surface area contributed by atoms with E-state index in [9.17, 15) is 0 Å². The Balaban J connectivity index is 2.07. The first-order valence-corrected chi connectivity index (χ1v) is 9.91. The maximum atomic E-state index is 4.75. The van der Waals surface area contributed by atoms with Crippen molar-refractivity contribution in [1.82, 2.24) is 15.2 Å². The summed E-state index contributed by atoms with van der Waals surface area (Å²) in [5.74, 6) is 1.18. The maximum absolute atomic E-state index is 4.75. The molecule has 0 fully saturated rings. The van der Waals surface area contributed by atoms with Crippen molar-refractivity contribution in [2.24, 2.45) is 4.99 Å². The minimum atomic E-state index is 0.114. The lowest BCUT2D eigenvalue weighted by Gasteiger charge is -2.23. The SMILES string of the molecule is CC1N=C(C2=CNNC2C)c2ccn(PI)c2N1. The molecule has 7 heteroatoms. The van der Waals surface area contributed by atoms with Crippen molar-refractivity contribution in [1.29, 1.82) is 0 Å². The zero-order valence-corrected chi connectivity index (χ0v) is 13.3. The summed E-state index contributed by atoms with van der Waals surface area (Å²) in [4.78, 5) is 4.75. The molecule has 2 aliphatic rings. The molecule has 3 atom stereocenters. The van der Waals surface area contributed by atoms with Gasteiger partial charge in [-0.25, -0.2) is 5.43 Å². The second-order valence-electron chi connectivity index (χ2n) is 4.44. The van der Waals surface area contributed by atoms with Crippen LogP contribution >= 0.6 is 28.4 Å². The number of aliphatic imine (C=N–C) groups is 1. The largest absolute Gasteiger partial charge is 0.349 e. The zero-order valence-electron chi connectivity index (χ0n) is 10.2. The first kappa shape index (κ1) is 12.4. The molecular weight excluding hydrogens is 360 g/mol. The molecule has 0 saturated heterocycles. The molecule has 18 heavy (non-hydrogen) atoms. The molecule has 1 aromatic rings. The molecule has 0 aliphatic carbocycles. The van der Waals surface area contributed by atoms with E-state index in [1.807, 2.05) is 6.20 Å². The van der Waals surface area contributed by atoms with Crippen molar-refractivity contribution in [2.75, 3.05) is 5.32 Å². The molecule has 3 rings (SSSR count). The van der Waals surface area contributed by atoms with Crippen LogP contribution in [0, 0.1) is 0 Å². The van der Waals surface area contributed by atoms with Gasteiger partial charge in [0.1, 0.15) is 12.0 Å². The molecule has 0 radical (unpaired) electrons. The van der Waals surface area contributed by atoms with Crippen LogP contribution in [0.5, 0.6) is 0 Å². The Morgan fingerprint density at radius 3 is 2.94 bits per heavy atom. The molecule has 2 aliphatic heterocycles. The normalized spacial score (nSPS) is 26.6. The van der Waals surface area contributed by atoms with Gasteiger partial charge in [0.25, 0.3) is 0 Å². The van der Waals surface area contributed by atoms with Gasteiger partial charge in [0, 0.05) is 29.9 Å². The van der Waals surface area contributed by atoms with E-state index in [1.54, 1.807) is 0 Å². The monoisotopic (exact) mass is 375 g/mol. The van der Waals surface area contributed by atoms with Gasteiger partial charge in [-0.15, -0.1) is 0 Å². The summed E-state index contributed by atoms with van der Waals surface area (Å²) >= 11 is 2.39. The minimum Gasteiger partial charge on any atom is -0.349 e. The summed E-state index contributed by atoms with van der Waals surface area (Å²) in [5, 5.41) is 3.44. The van der Waals surface area contributed by atoms with Crippen LogP contribution in [0.1, 0.15) is 19.4 Å². The van der Waals surface area contributed by atoms with Gasteiger partial charge in [-0.3, -0.25) is 4.99 Å². The van der Waals surface area contributed by atoms with Crippen molar-refractivity contribution in [3.8, 4) is 0 Å². The van der Waals surface area contributed by atoms with Gasteiger partial charge in [0.15, 0.2) is 0 Å². The lowest BCUT2D eigenvalue weighted by atomic mass is 9.99. The van der Waals surface area contributed by atoms with Gasteiger partial charge >= 0.3 is 0 Å². The second kappa shape index (κ2) is 4.83. The number of hydrazine groups is 1. The van der Waals surface area contributed by atoms with Crippen molar-refractivity contribution in [3.05, 3.63) is 29.6 Å². The first-order chi connectivity index (χ1) is 8.70. The number of hydrogen-bond acceptors (Lipinski definition) is 4. The molecule has 0 amide bonds. The van der Waals surface area contributed by atoms with Gasteiger partial charge in [0.2, 0.25) is 0 Å². The Bertz CT molecular complexity index is 536. The molecule has 3 N–H and O–H groups in total. The number of anilines is 1. The predicted molar refractivity (Wildman–Crippen MR) is 85.6 cm³/mol. The van der Waals surface area contributed by atoms with E-state index in [4.69, 9.17) is 4.99 Å². The molecule has 0 bridgehead atoms. The lowest BCUT2D eigenvalue weighted by molar-refractivity contribution is 0.615. The number of hydrogen-bond donors (Lipinski definition) is 3. The highest BCUT2D eigenvalue weighted by Crippen LogP contribution is 2.36. The summed E-state index contributed by atoms with van der Waals surface area (Å²) < 4.78 is 2.24. The highest BCUT2D eigenvalue weighted by Gasteiger charge is 2.27. The number of nitrogens with zero attached hydrogens (tertiary/aromatic N) is 2. The Morgan fingerprint density at radius 2 is 2.28 bits per heavy atom. The fourth-order valence-corrected chi connectivity index (χ4v) is 3.89. The summed E-state index contributed by atoms with van der Waals surface area (Å²) in [7, 11) is 0. The van der Waals surface area contributed by atoms with Crippen LogP contribution < -0.4 is 16.2 Å². The van der Waals surface area contributed by atoms with Crippen molar-refractivity contribution in [3.63, 3.8) is 0 Å². The van der Waals surface area contributed by atoms with Gasteiger partial charge in [0.05, 0.1) is 11.8 Å². The average molecular weight is 375 g/mol. The van der Waals surface area contributed by atoms with Gasteiger partial charge < -0.3 is 15.1 Å². The fraction of sp³-hybridized carbons (Fsp3) is 0.364. The Morgan fingerprint density at radius 1 is 1.44 bits per heavy atom. The minimum absolute atomic E-state index is 0.114. The van der Waals surface area contributed by atoms with E-state index < -0.39 is 0 Å². The van der Waals surface area contributed by atoms with E-state index in [0.29, 0.717) is 6.37 Å². The molecule has 0 spiro atoms. The van der Waals surface area contributed by atoms with Crippen molar-refractivity contribution < 1.29 is 0 Å². The highest BCUT2D eigenvalue weighted by molar-refractivity contribution is 14.2. The Hall–Kier alpha value is -0.590. The smallest absolute Gasteiger partial charge is 0.120 e. The van der Waals surface area contributed by atoms with Crippen LogP contribution in [-0.2, 0) is 0 Å². The molecule has 96 valence electrons. The van der Waals surface area contributed by atoms with Crippen LogP contribution in [0.3, 0.4) is 0 Å². The van der Waals surface area contributed by atoms with E-state index in [0.717, 1.165) is 5.71 Å². The Kier molecular flexibility index (Phi) is 3.34. The molecule has 3 heterocycles. The standard InChI is InChI=1S/C11H15IN5P/c1-6-9(5-13-16-6)10-8-3-4-17(18-12)11(8)15-7(2)14-10/h3-7,13,15-16,18H,1-2H3. The number of aromatic nitrogens is 1. The fourth-order valence-electron chi connectivity index (χ4n) is 2.29. The number of rotatable bonds is 2. The highest BCUT2D eigenvalue weighted by atomic mass is 127. The molecular formula is C11H15IN5P. The van der Waals surface area contributed by atoms with Crippen LogP contribution in [0.4, 0.5) is 5.82 Å². The third-order valence-electron chi connectivity index (χ3n) is 3.17. The van der Waals surface area contributed by atoms with Crippen LogP contribution in [0.2, 0.25) is 0 Å². The lowest BCUT2D eigenvalue weighted by Crippen LogP contribution is -2.32. The topological polar surface area (TPSA) is 53.4 Å². The summed E-state index contributed by atoms with van der Waals surface area (Å²) in [6, 6.07) is 2.43. The summed E-state index contributed by atoms with van der Waals surface area (Å²) in [5.41, 5.74) is 9.76. The summed E-state index contributed by atoms with van der Waals surface area (Å²) in [6.45, 7) is 4.22. The van der Waals surface area contributed by atoms with E-state index in [1.165, 1.54) is 17.0 Å².